The van der Waals surface area contributed by atoms with E-state index in [4.69, 9.17) is 8.83 Å². The van der Waals surface area contributed by atoms with Gasteiger partial charge in [-0.15, -0.1) is 5.10 Å². The Balaban J connectivity index is 1.75. The van der Waals surface area contributed by atoms with Gasteiger partial charge in [-0.2, -0.15) is 5.10 Å². The predicted molar refractivity (Wildman–Crippen MR) is 72.6 cm³/mol. The van der Waals surface area contributed by atoms with Crippen molar-refractivity contribution in [1.29, 1.82) is 0 Å². The molecule has 0 atom stereocenters. The lowest BCUT2D eigenvalue weighted by Gasteiger charge is -2.02. The maximum Gasteiger partial charge on any atom is 0.322 e. The highest BCUT2D eigenvalue weighted by atomic mass is 16.4. The molecule has 0 saturated carbocycles. The fraction of sp³-hybridized carbons (Fsp3) is 0.231. The molecule has 21 heavy (non-hydrogen) atoms. The van der Waals surface area contributed by atoms with E-state index in [-0.39, 0.29) is 23.7 Å². The molecule has 8 nitrogen and oxygen atoms in total. The second-order valence-corrected chi connectivity index (χ2v) is 4.62. The van der Waals surface area contributed by atoms with Gasteiger partial charge in [-0.25, -0.2) is 0 Å². The first-order valence-corrected chi connectivity index (χ1v) is 6.37. The quantitative estimate of drug-likeness (QED) is 0.790. The number of nitrogens with one attached hydrogen (secondary N) is 1. The van der Waals surface area contributed by atoms with E-state index in [0.717, 1.165) is 0 Å². The van der Waals surface area contributed by atoms with Crippen LogP contribution in [-0.4, -0.2) is 25.9 Å². The number of carbonyl (C=O) groups excluding carboxylic acids is 1. The van der Waals surface area contributed by atoms with Crippen LogP contribution in [0.1, 0.15) is 30.4 Å². The second kappa shape index (κ2) is 5.23. The molecule has 3 heterocycles. The fourth-order valence-electron chi connectivity index (χ4n) is 1.68. The van der Waals surface area contributed by atoms with Crippen molar-refractivity contribution in [2.75, 3.05) is 5.32 Å². The van der Waals surface area contributed by atoms with Crippen molar-refractivity contribution in [1.82, 2.24) is 20.0 Å². The van der Waals surface area contributed by atoms with Crippen molar-refractivity contribution in [2.45, 2.75) is 19.9 Å². The molecule has 0 saturated heterocycles. The summed E-state index contributed by atoms with van der Waals surface area (Å²) in [4.78, 5) is 11.8. The smallest absolute Gasteiger partial charge is 0.322 e. The highest BCUT2D eigenvalue weighted by Crippen LogP contribution is 2.19. The molecule has 1 amide bonds. The minimum atomic E-state index is -0.456. The van der Waals surface area contributed by atoms with Crippen LogP contribution >= 0.6 is 0 Å². The van der Waals surface area contributed by atoms with Gasteiger partial charge < -0.3 is 8.83 Å². The lowest BCUT2D eigenvalue weighted by molar-refractivity contribution is 0.0994. The second-order valence-electron chi connectivity index (χ2n) is 4.62. The summed E-state index contributed by atoms with van der Waals surface area (Å²) < 4.78 is 12.1. The number of carbonyl (C=O) groups is 1. The molecule has 0 spiro atoms. The first kappa shape index (κ1) is 13.1. The molecule has 0 aromatic carbocycles. The van der Waals surface area contributed by atoms with E-state index in [1.165, 1.54) is 12.3 Å². The van der Waals surface area contributed by atoms with E-state index in [1.807, 2.05) is 20.0 Å². The third-order valence-corrected chi connectivity index (χ3v) is 2.75. The van der Waals surface area contributed by atoms with Crippen molar-refractivity contribution in [3.05, 3.63) is 36.4 Å². The Morgan fingerprint density at radius 1 is 1.33 bits per heavy atom. The van der Waals surface area contributed by atoms with Gasteiger partial charge in [0.25, 0.3) is 11.8 Å². The lowest BCUT2D eigenvalue weighted by Crippen LogP contribution is -2.10. The molecule has 0 fully saturated rings. The highest BCUT2D eigenvalue weighted by Gasteiger charge is 2.16. The maximum absolute atomic E-state index is 11.8. The van der Waals surface area contributed by atoms with Gasteiger partial charge >= 0.3 is 6.01 Å². The third kappa shape index (κ3) is 2.69. The number of amides is 1. The van der Waals surface area contributed by atoms with E-state index < -0.39 is 5.91 Å². The fourth-order valence-corrected chi connectivity index (χ4v) is 1.68. The summed E-state index contributed by atoms with van der Waals surface area (Å²) in [7, 11) is 0. The Hall–Kier alpha value is -2.90. The maximum atomic E-state index is 11.8. The zero-order valence-corrected chi connectivity index (χ0v) is 11.5. The first-order chi connectivity index (χ1) is 10.1. The summed E-state index contributed by atoms with van der Waals surface area (Å²) in [5.74, 6) is -0.0501. The van der Waals surface area contributed by atoms with Crippen LogP contribution in [0.5, 0.6) is 0 Å². The molecule has 3 rings (SSSR count). The van der Waals surface area contributed by atoms with Crippen LogP contribution in [0.4, 0.5) is 6.01 Å². The van der Waals surface area contributed by atoms with Crippen LogP contribution < -0.4 is 5.32 Å². The largest absolute Gasteiger partial charge is 0.459 e. The van der Waals surface area contributed by atoms with E-state index in [1.54, 1.807) is 16.8 Å². The van der Waals surface area contributed by atoms with Crippen molar-refractivity contribution < 1.29 is 13.6 Å². The summed E-state index contributed by atoms with van der Waals surface area (Å²) >= 11 is 0. The van der Waals surface area contributed by atoms with Crippen LogP contribution in [-0.2, 0) is 0 Å². The number of hydrogen-bond acceptors (Lipinski definition) is 6. The molecule has 108 valence electrons. The van der Waals surface area contributed by atoms with E-state index >= 15 is 0 Å². The number of nitrogens with zero attached hydrogens (tertiary/aromatic N) is 4. The van der Waals surface area contributed by atoms with Gasteiger partial charge in [-0.1, -0.05) is 5.10 Å². The minimum absolute atomic E-state index is 0.00880. The monoisotopic (exact) mass is 287 g/mol. The highest BCUT2D eigenvalue weighted by molar-refractivity contribution is 6.00. The Morgan fingerprint density at radius 3 is 2.86 bits per heavy atom. The van der Waals surface area contributed by atoms with Gasteiger partial charge in [0, 0.05) is 12.2 Å². The van der Waals surface area contributed by atoms with Gasteiger partial charge in [-0.3, -0.25) is 14.8 Å². The van der Waals surface area contributed by atoms with Crippen molar-refractivity contribution in [3.63, 3.8) is 0 Å². The summed E-state index contributed by atoms with van der Waals surface area (Å²) in [6, 6.07) is 5.15. The molecule has 0 aliphatic heterocycles. The Morgan fingerprint density at radius 2 is 2.19 bits per heavy atom. The molecule has 3 aromatic heterocycles. The Labute approximate surface area is 119 Å². The van der Waals surface area contributed by atoms with Crippen LogP contribution in [0.15, 0.2) is 39.5 Å². The number of aromatic nitrogens is 4. The average molecular weight is 287 g/mol. The standard InChI is InChI=1S/C13H13N5O3/c1-8(2)18-6-5-9(17-18)12-15-16-13(21-12)14-11(19)10-4-3-7-20-10/h3-8H,1-2H3,(H,14,16,19). The van der Waals surface area contributed by atoms with Crippen LogP contribution in [0.25, 0.3) is 11.6 Å². The van der Waals surface area contributed by atoms with Crippen LogP contribution in [0, 0.1) is 0 Å². The molecule has 8 heteroatoms. The van der Waals surface area contributed by atoms with Crippen molar-refractivity contribution in [3.8, 4) is 11.6 Å². The summed E-state index contributed by atoms with van der Waals surface area (Å²) in [6.07, 6.45) is 3.23. The SMILES string of the molecule is CC(C)n1ccc(-c2nnc(NC(=O)c3ccco3)o2)n1. The average Bonchev–Trinajstić information content (AvgIpc) is 3.20. The number of rotatable bonds is 4. The zero-order valence-electron chi connectivity index (χ0n) is 11.5. The summed E-state index contributed by atoms with van der Waals surface area (Å²) in [5.41, 5.74) is 0.551. The zero-order chi connectivity index (χ0) is 14.8. The van der Waals surface area contributed by atoms with Crippen molar-refractivity contribution >= 4 is 11.9 Å². The van der Waals surface area contributed by atoms with Gasteiger partial charge in [0.15, 0.2) is 5.76 Å². The molecule has 0 bridgehead atoms. The van der Waals surface area contributed by atoms with Gasteiger partial charge in [-0.05, 0) is 32.0 Å². The van der Waals surface area contributed by atoms with Crippen LogP contribution in [0.2, 0.25) is 0 Å². The molecular weight excluding hydrogens is 274 g/mol. The first-order valence-electron chi connectivity index (χ1n) is 6.37. The molecule has 1 N–H and O–H groups in total. The molecule has 0 aliphatic carbocycles. The number of furan rings is 1. The van der Waals surface area contributed by atoms with Crippen LogP contribution in [0.3, 0.4) is 0 Å². The number of hydrogen-bond donors (Lipinski definition) is 1. The number of anilines is 1. The van der Waals surface area contributed by atoms with Gasteiger partial charge in [0.1, 0.15) is 5.69 Å². The van der Waals surface area contributed by atoms with E-state index in [2.05, 4.69) is 20.6 Å². The van der Waals surface area contributed by atoms with E-state index in [0.29, 0.717) is 5.69 Å². The lowest BCUT2D eigenvalue weighted by atomic mass is 10.4. The third-order valence-electron chi connectivity index (χ3n) is 2.75. The molecule has 3 aromatic rings. The topological polar surface area (TPSA) is 99.0 Å². The predicted octanol–water partition coefficient (Wildman–Crippen LogP) is 2.36. The van der Waals surface area contributed by atoms with E-state index in [9.17, 15) is 4.79 Å². The molecule has 0 aliphatic rings. The summed E-state index contributed by atoms with van der Waals surface area (Å²) in [5, 5.41) is 14.4. The molecule has 0 radical (unpaired) electrons. The molecule has 0 unspecified atom stereocenters. The minimum Gasteiger partial charge on any atom is -0.459 e. The van der Waals surface area contributed by atoms with Gasteiger partial charge in [0.2, 0.25) is 0 Å². The summed E-state index contributed by atoms with van der Waals surface area (Å²) in [6.45, 7) is 4.03. The van der Waals surface area contributed by atoms with Gasteiger partial charge in [0.05, 0.1) is 6.26 Å². The van der Waals surface area contributed by atoms with Crippen molar-refractivity contribution in [2.24, 2.45) is 0 Å². The Kier molecular flexibility index (Phi) is 3.27. The normalized spacial score (nSPS) is 11.0. The Bertz CT molecular complexity index is 742. The molecular formula is C13H13N5O3.